The molecule has 1 atom stereocenters. The first kappa shape index (κ1) is 9.88. The van der Waals surface area contributed by atoms with Crippen LogP contribution in [-0.4, -0.2) is 22.2 Å². The van der Waals surface area contributed by atoms with Crippen LogP contribution in [0.5, 0.6) is 0 Å². The lowest BCUT2D eigenvalue weighted by Gasteiger charge is -2.29. The number of aliphatic hydroxyl groups excluding tert-OH is 1. The van der Waals surface area contributed by atoms with Gasteiger partial charge in [-0.15, -0.1) is 11.8 Å². The van der Waals surface area contributed by atoms with Gasteiger partial charge in [0.15, 0.2) is 0 Å². The largest absolute Gasteiger partial charge is 0.396 e. The second kappa shape index (κ2) is 4.74. The third-order valence-corrected chi connectivity index (χ3v) is 3.84. The SMILES string of the molecule is N#CC1(CCCO)CCCCS1. The van der Waals surface area contributed by atoms with E-state index in [4.69, 9.17) is 10.4 Å². The van der Waals surface area contributed by atoms with Crippen molar-refractivity contribution in [1.29, 1.82) is 5.26 Å². The summed E-state index contributed by atoms with van der Waals surface area (Å²) in [6.07, 6.45) is 5.04. The Kier molecular flexibility index (Phi) is 3.90. The van der Waals surface area contributed by atoms with E-state index >= 15 is 0 Å². The smallest absolute Gasteiger partial charge is 0.102 e. The Morgan fingerprint density at radius 3 is 2.83 bits per heavy atom. The summed E-state index contributed by atoms with van der Waals surface area (Å²) in [5.41, 5.74) is 0. The topological polar surface area (TPSA) is 44.0 Å². The molecular weight excluding hydrogens is 170 g/mol. The van der Waals surface area contributed by atoms with Crippen molar-refractivity contribution in [2.75, 3.05) is 12.4 Å². The summed E-state index contributed by atoms with van der Waals surface area (Å²) >= 11 is 1.78. The number of hydrogen-bond donors (Lipinski definition) is 1. The van der Waals surface area contributed by atoms with Crippen LogP contribution < -0.4 is 0 Å². The predicted molar refractivity (Wildman–Crippen MR) is 51.0 cm³/mol. The summed E-state index contributed by atoms with van der Waals surface area (Å²) in [6, 6.07) is 2.40. The molecule has 0 amide bonds. The average molecular weight is 185 g/mol. The minimum Gasteiger partial charge on any atom is -0.396 e. The Labute approximate surface area is 78.0 Å². The van der Waals surface area contributed by atoms with Gasteiger partial charge in [0.05, 0.1) is 6.07 Å². The van der Waals surface area contributed by atoms with Crippen LogP contribution in [0.25, 0.3) is 0 Å². The number of aliphatic hydroxyl groups is 1. The van der Waals surface area contributed by atoms with E-state index in [0.29, 0.717) is 0 Å². The highest BCUT2D eigenvalue weighted by Crippen LogP contribution is 2.39. The summed E-state index contributed by atoms with van der Waals surface area (Å²) in [5.74, 6) is 1.11. The van der Waals surface area contributed by atoms with E-state index in [0.717, 1.165) is 25.0 Å². The van der Waals surface area contributed by atoms with E-state index in [1.54, 1.807) is 11.8 Å². The maximum absolute atomic E-state index is 9.02. The van der Waals surface area contributed by atoms with Crippen LogP contribution in [0.1, 0.15) is 32.1 Å². The van der Waals surface area contributed by atoms with Crippen LogP contribution in [0.15, 0.2) is 0 Å². The van der Waals surface area contributed by atoms with Gasteiger partial charge in [-0.05, 0) is 31.4 Å². The Bertz CT molecular complexity index is 170. The van der Waals surface area contributed by atoms with Gasteiger partial charge in [-0.25, -0.2) is 0 Å². The normalized spacial score (nSPS) is 29.7. The number of thioether (sulfide) groups is 1. The zero-order valence-electron chi connectivity index (χ0n) is 7.25. The van der Waals surface area contributed by atoms with Crippen LogP contribution in [0, 0.1) is 11.3 Å². The monoisotopic (exact) mass is 185 g/mol. The summed E-state index contributed by atoms with van der Waals surface area (Å²) in [6.45, 7) is 0.212. The van der Waals surface area contributed by atoms with Gasteiger partial charge in [0, 0.05) is 6.61 Å². The van der Waals surface area contributed by atoms with E-state index in [1.165, 1.54) is 12.8 Å². The van der Waals surface area contributed by atoms with Crippen molar-refractivity contribution in [3.05, 3.63) is 0 Å². The van der Waals surface area contributed by atoms with Gasteiger partial charge in [0.2, 0.25) is 0 Å². The van der Waals surface area contributed by atoms with Crippen molar-refractivity contribution in [2.45, 2.75) is 36.9 Å². The number of nitrogens with zero attached hydrogens (tertiary/aromatic N) is 1. The molecule has 0 spiro atoms. The van der Waals surface area contributed by atoms with E-state index in [2.05, 4.69) is 6.07 Å². The van der Waals surface area contributed by atoms with Crippen molar-refractivity contribution >= 4 is 11.8 Å². The average Bonchev–Trinajstić information content (AvgIpc) is 2.16. The minimum absolute atomic E-state index is 0.166. The third-order valence-electron chi connectivity index (χ3n) is 2.30. The standard InChI is InChI=1S/C9H15NOS/c10-8-9(5-3-6-11)4-1-2-7-12-9/h11H,1-7H2. The number of rotatable bonds is 3. The second-order valence-electron chi connectivity index (χ2n) is 3.24. The van der Waals surface area contributed by atoms with Gasteiger partial charge in [-0.1, -0.05) is 6.42 Å². The fourth-order valence-corrected chi connectivity index (χ4v) is 2.94. The van der Waals surface area contributed by atoms with Crippen LogP contribution in [0.2, 0.25) is 0 Å². The molecule has 0 bridgehead atoms. The minimum atomic E-state index is -0.166. The number of hydrogen-bond acceptors (Lipinski definition) is 3. The quantitative estimate of drug-likeness (QED) is 0.730. The van der Waals surface area contributed by atoms with E-state index in [1.807, 2.05) is 0 Å². The highest BCUT2D eigenvalue weighted by Gasteiger charge is 2.31. The molecule has 0 aromatic carbocycles. The molecule has 3 heteroatoms. The molecule has 1 saturated heterocycles. The third kappa shape index (κ3) is 2.40. The van der Waals surface area contributed by atoms with E-state index in [-0.39, 0.29) is 11.4 Å². The van der Waals surface area contributed by atoms with Crippen molar-refractivity contribution in [2.24, 2.45) is 0 Å². The summed E-state index contributed by atoms with van der Waals surface area (Å²) in [7, 11) is 0. The molecule has 0 aliphatic carbocycles. The molecule has 1 N–H and O–H groups in total. The van der Waals surface area contributed by atoms with Gasteiger partial charge in [-0.3, -0.25) is 0 Å². The lowest BCUT2D eigenvalue weighted by Crippen LogP contribution is -2.26. The summed E-state index contributed by atoms with van der Waals surface area (Å²) in [4.78, 5) is 0. The van der Waals surface area contributed by atoms with Crippen molar-refractivity contribution < 1.29 is 5.11 Å². The lowest BCUT2D eigenvalue weighted by molar-refractivity contribution is 0.278. The van der Waals surface area contributed by atoms with Gasteiger partial charge in [-0.2, -0.15) is 5.26 Å². The molecule has 0 radical (unpaired) electrons. The van der Waals surface area contributed by atoms with Crippen molar-refractivity contribution in [3.8, 4) is 6.07 Å². The first-order chi connectivity index (χ1) is 5.83. The zero-order chi connectivity index (χ0) is 8.86. The zero-order valence-corrected chi connectivity index (χ0v) is 8.07. The molecule has 1 aliphatic heterocycles. The highest BCUT2D eigenvalue weighted by atomic mass is 32.2. The Morgan fingerprint density at radius 1 is 1.50 bits per heavy atom. The molecule has 1 rings (SSSR count). The molecule has 12 heavy (non-hydrogen) atoms. The maximum Gasteiger partial charge on any atom is 0.102 e. The van der Waals surface area contributed by atoms with Crippen LogP contribution in [-0.2, 0) is 0 Å². The molecule has 1 aliphatic rings. The van der Waals surface area contributed by atoms with Crippen LogP contribution >= 0.6 is 11.8 Å². The van der Waals surface area contributed by atoms with Crippen molar-refractivity contribution in [3.63, 3.8) is 0 Å². The fourth-order valence-electron chi connectivity index (χ4n) is 1.56. The maximum atomic E-state index is 9.02. The van der Waals surface area contributed by atoms with Crippen molar-refractivity contribution in [1.82, 2.24) is 0 Å². The summed E-state index contributed by atoms with van der Waals surface area (Å²) in [5, 5.41) is 17.7. The second-order valence-corrected chi connectivity index (χ2v) is 4.72. The van der Waals surface area contributed by atoms with Gasteiger partial charge in [0.25, 0.3) is 0 Å². The first-order valence-corrected chi connectivity index (χ1v) is 5.48. The molecule has 2 nitrogen and oxygen atoms in total. The van der Waals surface area contributed by atoms with Gasteiger partial charge >= 0.3 is 0 Å². The number of nitriles is 1. The van der Waals surface area contributed by atoms with Crippen LogP contribution in [0.4, 0.5) is 0 Å². The molecule has 68 valence electrons. The van der Waals surface area contributed by atoms with Gasteiger partial charge < -0.3 is 5.11 Å². The van der Waals surface area contributed by atoms with Crippen LogP contribution in [0.3, 0.4) is 0 Å². The molecule has 0 saturated carbocycles. The lowest BCUT2D eigenvalue weighted by atomic mass is 9.97. The highest BCUT2D eigenvalue weighted by molar-refractivity contribution is 8.00. The Balaban J connectivity index is 2.44. The molecule has 0 aromatic heterocycles. The Morgan fingerprint density at radius 2 is 2.33 bits per heavy atom. The van der Waals surface area contributed by atoms with E-state index in [9.17, 15) is 0 Å². The first-order valence-electron chi connectivity index (χ1n) is 4.49. The van der Waals surface area contributed by atoms with E-state index < -0.39 is 0 Å². The molecular formula is C9H15NOS. The summed E-state index contributed by atoms with van der Waals surface area (Å²) < 4.78 is -0.166. The predicted octanol–water partition coefficient (Wildman–Crippen LogP) is 1.94. The Hall–Kier alpha value is -0.200. The molecule has 0 aromatic rings. The fraction of sp³-hybridized carbons (Fsp3) is 0.889. The van der Waals surface area contributed by atoms with Gasteiger partial charge in [0.1, 0.15) is 4.75 Å². The molecule has 1 heterocycles. The molecule has 1 fully saturated rings. The molecule has 1 unspecified atom stereocenters.